The third kappa shape index (κ3) is 2.93. The van der Waals surface area contributed by atoms with E-state index in [1.165, 1.54) is 0 Å². The summed E-state index contributed by atoms with van der Waals surface area (Å²) in [4.78, 5) is 8.29. The summed E-state index contributed by atoms with van der Waals surface area (Å²) in [5, 5.41) is 6.43. The van der Waals surface area contributed by atoms with Crippen LogP contribution in [0.4, 0.5) is 11.5 Å². The molecule has 0 aliphatic carbocycles. The minimum Gasteiger partial charge on any atom is -0.378 e. The molecule has 0 saturated heterocycles. The number of pyridine rings is 2. The van der Waals surface area contributed by atoms with Crippen LogP contribution >= 0.6 is 0 Å². The van der Waals surface area contributed by atoms with Crippen LogP contribution in [0, 0.1) is 0 Å². The van der Waals surface area contributed by atoms with Crippen molar-refractivity contribution in [1.29, 1.82) is 0 Å². The lowest BCUT2D eigenvalue weighted by molar-refractivity contribution is 0.875. The molecule has 0 aliphatic rings. The van der Waals surface area contributed by atoms with Crippen LogP contribution in [0.3, 0.4) is 0 Å². The zero-order chi connectivity index (χ0) is 12.1. The van der Waals surface area contributed by atoms with Crippen LogP contribution in [0.1, 0.15) is 18.5 Å². The number of nitrogens with zero attached hydrogens (tertiary/aromatic N) is 2. The maximum absolute atomic E-state index is 4.17. The van der Waals surface area contributed by atoms with Gasteiger partial charge in [-0.3, -0.25) is 4.98 Å². The quantitative estimate of drug-likeness (QED) is 0.844. The van der Waals surface area contributed by atoms with Crippen molar-refractivity contribution in [1.82, 2.24) is 9.97 Å². The van der Waals surface area contributed by atoms with Crippen LogP contribution in [-0.4, -0.2) is 17.0 Å². The molecule has 0 radical (unpaired) electrons. The van der Waals surface area contributed by atoms with Gasteiger partial charge in [-0.1, -0.05) is 6.07 Å². The van der Waals surface area contributed by atoms with Crippen molar-refractivity contribution >= 4 is 11.5 Å². The third-order valence-electron chi connectivity index (χ3n) is 2.58. The fourth-order valence-corrected chi connectivity index (χ4v) is 1.62. The van der Waals surface area contributed by atoms with E-state index in [1.807, 2.05) is 31.4 Å². The summed E-state index contributed by atoms with van der Waals surface area (Å²) in [7, 11) is 1.86. The molecule has 2 rings (SSSR count). The van der Waals surface area contributed by atoms with Crippen molar-refractivity contribution in [2.75, 3.05) is 17.7 Å². The van der Waals surface area contributed by atoms with E-state index in [1.54, 1.807) is 12.4 Å². The minimum absolute atomic E-state index is 0.218. The van der Waals surface area contributed by atoms with Gasteiger partial charge in [0.15, 0.2) is 0 Å². The molecule has 2 N–H and O–H groups in total. The van der Waals surface area contributed by atoms with Gasteiger partial charge in [0.05, 0.1) is 6.04 Å². The second-order valence-corrected chi connectivity index (χ2v) is 3.83. The Balaban J connectivity index is 2.10. The third-order valence-corrected chi connectivity index (χ3v) is 2.58. The first-order valence-electron chi connectivity index (χ1n) is 5.60. The van der Waals surface area contributed by atoms with E-state index >= 15 is 0 Å². The van der Waals surface area contributed by atoms with Crippen LogP contribution < -0.4 is 10.6 Å². The van der Waals surface area contributed by atoms with Gasteiger partial charge in [-0.2, -0.15) is 0 Å². The monoisotopic (exact) mass is 228 g/mol. The number of nitrogens with one attached hydrogen (secondary N) is 2. The Morgan fingerprint density at radius 1 is 1.24 bits per heavy atom. The molecule has 1 atom stereocenters. The van der Waals surface area contributed by atoms with Crippen LogP contribution in [0.2, 0.25) is 0 Å². The van der Waals surface area contributed by atoms with E-state index in [4.69, 9.17) is 0 Å². The molecule has 0 spiro atoms. The highest BCUT2D eigenvalue weighted by Gasteiger charge is 2.05. The Morgan fingerprint density at radius 3 is 2.82 bits per heavy atom. The summed E-state index contributed by atoms with van der Waals surface area (Å²) in [5.74, 6) is 0.855. The van der Waals surface area contributed by atoms with Crippen molar-refractivity contribution in [3.63, 3.8) is 0 Å². The normalized spacial score (nSPS) is 11.9. The van der Waals surface area contributed by atoms with E-state index in [-0.39, 0.29) is 6.04 Å². The predicted molar refractivity (Wildman–Crippen MR) is 70.1 cm³/mol. The van der Waals surface area contributed by atoms with E-state index < -0.39 is 0 Å². The van der Waals surface area contributed by atoms with Crippen molar-refractivity contribution in [2.24, 2.45) is 0 Å². The maximum Gasteiger partial charge on any atom is 0.127 e. The molecule has 0 aliphatic heterocycles. The summed E-state index contributed by atoms with van der Waals surface area (Å²) < 4.78 is 0. The summed E-state index contributed by atoms with van der Waals surface area (Å²) in [5.41, 5.74) is 2.20. The largest absolute Gasteiger partial charge is 0.378 e. The van der Waals surface area contributed by atoms with Crippen molar-refractivity contribution in [2.45, 2.75) is 13.0 Å². The predicted octanol–water partition coefficient (Wildman–Crippen LogP) is 2.69. The van der Waals surface area contributed by atoms with Crippen molar-refractivity contribution in [3.8, 4) is 0 Å². The molecule has 17 heavy (non-hydrogen) atoms. The number of anilines is 2. The first-order valence-corrected chi connectivity index (χ1v) is 5.60. The number of hydrogen-bond donors (Lipinski definition) is 2. The van der Waals surface area contributed by atoms with Gasteiger partial charge in [0.25, 0.3) is 0 Å². The lowest BCUT2D eigenvalue weighted by Crippen LogP contribution is -2.07. The number of rotatable bonds is 4. The Labute approximate surface area is 101 Å². The minimum atomic E-state index is 0.218. The van der Waals surface area contributed by atoms with Crippen LogP contribution in [0.5, 0.6) is 0 Å². The lowest BCUT2D eigenvalue weighted by Gasteiger charge is -2.15. The average molecular weight is 228 g/mol. The first kappa shape index (κ1) is 11.4. The molecule has 0 bridgehead atoms. The number of hydrogen-bond acceptors (Lipinski definition) is 4. The van der Waals surface area contributed by atoms with E-state index in [2.05, 4.69) is 33.6 Å². The number of aromatic nitrogens is 2. The highest BCUT2D eigenvalue weighted by Crippen LogP contribution is 2.19. The smallest absolute Gasteiger partial charge is 0.127 e. The van der Waals surface area contributed by atoms with Gasteiger partial charge in [-0.25, -0.2) is 4.98 Å². The zero-order valence-electron chi connectivity index (χ0n) is 10.0. The average Bonchev–Trinajstić information content (AvgIpc) is 2.40. The van der Waals surface area contributed by atoms with Gasteiger partial charge in [-0.05, 0) is 24.6 Å². The van der Waals surface area contributed by atoms with Crippen molar-refractivity contribution < 1.29 is 0 Å². The molecule has 0 fully saturated rings. The lowest BCUT2D eigenvalue weighted by atomic mass is 10.1. The molecule has 2 aromatic heterocycles. The van der Waals surface area contributed by atoms with Gasteiger partial charge in [-0.15, -0.1) is 0 Å². The van der Waals surface area contributed by atoms with Gasteiger partial charge >= 0.3 is 0 Å². The molecule has 1 unspecified atom stereocenters. The SMILES string of the molecule is CNc1cc(NC(C)c2cccnc2)ccn1. The fourth-order valence-electron chi connectivity index (χ4n) is 1.62. The Morgan fingerprint density at radius 2 is 2.12 bits per heavy atom. The summed E-state index contributed by atoms with van der Waals surface area (Å²) in [6, 6.07) is 8.15. The fraction of sp³-hybridized carbons (Fsp3) is 0.231. The molecular formula is C13H16N4. The van der Waals surface area contributed by atoms with Crippen molar-refractivity contribution in [3.05, 3.63) is 48.4 Å². The van der Waals surface area contributed by atoms with Gasteiger partial charge in [0, 0.05) is 37.4 Å². The molecule has 4 heteroatoms. The molecule has 4 nitrogen and oxygen atoms in total. The Bertz CT molecular complexity index is 470. The summed E-state index contributed by atoms with van der Waals surface area (Å²) in [6.45, 7) is 2.11. The second kappa shape index (κ2) is 5.30. The van der Waals surface area contributed by atoms with E-state index in [9.17, 15) is 0 Å². The molecule has 2 heterocycles. The van der Waals surface area contributed by atoms with Crippen LogP contribution in [-0.2, 0) is 0 Å². The molecule has 88 valence electrons. The highest BCUT2D eigenvalue weighted by molar-refractivity contribution is 5.52. The summed E-state index contributed by atoms with van der Waals surface area (Å²) in [6.07, 6.45) is 5.43. The van der Waals surface area contributed by atoms with Gasteiger partial charge < -0.3 is 10.6 Å². The van der Waals surface area contributed by atoms with Gasteiger partial charge in [0.2, 0.25) is 0 Å². The topological polar surface area (TPSA) is 49.8 Å². The molecule has 2 aromatic rings. The van der Waals surface area contributed by atoms with E-state index in [0.717, 1.165) is 17.1 Å². The first-order chi connectivity index (χ1) is 8.29. The van der Waals surface area contributed by atoms with E-state index in [0.29, 0.717) is 0 Å². The molecular weight excluding hydrogens is 212 g/mol. The second-order valence-electron chi connectivity index (χ2n) is 3.83. The Kier molecular flexibility index (Phi) is 3.55. The standard InChI is InChI=1S/C13H16N4/c1-10(11-4-3-6-15-9-11)17-12-5-7-16-13(8-12)14-2/h3-10H,1-2H3,(H2,14,16,17). The molecule has 0 aromatic carbocycles. The summed E-state index contributed by atoms with van der Waals surface area (Å²) >= 11 is 0. The molecule has 0 amide bonds. The molecule has 0 saturated carbocycles. The highest BCUT2D eigenvalue weighted by atomic mass is 15.0. The van der Waals surface area contributed by atoms with Gasteiger partial charge in [0.1, 0.15) is 5.82 Å². The maximum atomic E-state index is 4.17. The van der Waals surface area contributed by atoms with Crippen LogP contribution in [0.15, 0.2) is 42.9 Å². The van der Waals surface area contributed by atoms with Crippen LogP contribution in [0.25, 0.3) is 0 Å². The Hall–Kier alpha value is -2.10. The zero-order valence-corrected chi connectivity index (χ0v) is 10.0.